The maximum Gasteiger partial charge on any atom is 0.321 e. The predicted octanol–water partition coefficient (Wildman–Crippen LogP) is 3.39. The molecule has 1 fully saturated rings. The Hall–Kier alpha value is -3.35. The Morgan fingerprint density at radius 1 is 1.00 bits per heavy atom. The van der Waals surface area contributed by atoms with Crippen molar-refractivity contribution in [3.05, 3.63) is 66.2 Å². The van der Waals surface area contributed by atoms with Crippen molar-refractivity contribution in [2.45, 2.75) is 25.7 Å². The summed E-state index contributed by atoms with van der Waals surface area (Å²) in [5.41, 5.74) is 1.88. The smallest absolute Gasteiger partial charge is 0.321 e. The summed E-state index contributed by atoms with van der Waals surface area (Å²) in [5.74, 6) is -0.811. The topological polar surface area (TPSA) is 87.7 Å². The molecular weight excluding hydrogens is 394 g/mol. The van der Waals surface area contributed by atoms with Crippen LogP contribution in [0.15, 0.2) is 60.7 Å². The normalized spacial score (nSPS) is 15.1. The summed E-state index contributed by atoms with van der Waals surface area (Å²) < 4.78 is 5.20. The maximum atomic E-state index is 12.3. The monoisotopic (exact) mass is 423 g/mol. The molecule has 1 aliphatic heterocycles. The lowest BCUT2D eigenvalue weighted by molar-refractivity contribution is -0.153. The molecule has 0 aliphatic carbocycles. The number of urea groups is 1. The molecule has 7 nitrogen and oxygen atoms in total. The van der Waals surface area contributed by atoms with E-state index in [-0.39, 0.29) is 36.4 Å². The Balaban J connectivity index is 1.34. The van der Waals surface area contributed by atoms with Gasteiger partial charge in [-0.05, 0) is 36.5 Å². The van der Waals surface area contributed by atoms with E-state index in [1.807, 2.05) is 67.6 Å². The van der Waals surface area contributed by atoms with Gasteiger partial charge >= 0.3 is 12.0 Å². The van der Waals surface area contributed by atoms with Gasteiger partial charge in [0.25, 0.3) is 5.91 Å². The van der Waals surface area contributed by atoms with Crippen LogP contribution in [0, 0.1) is 5.92 Å². The SMILES string of the molecule is C[C@@H](CNC(=O)COC(=O)C1CCN(C(=O)Nc2ccccc2)CC1)c1ccccc1. The molecular formula is C24H29N3O4. The molecule has 31 heavy (non-hydrogen) atoms. The van der Waals surface area contributed by atoms with Gasteiger partial charge in [0, 0.05) is 25.3 Å². The predicted molar refractivity (Wildman–Crippen MR) is 119 cm³/mol. The Kier molecular flexibility index (Phi) is 8.04. The molecule has 164 valence electrons. The van der Waals surface area contributed by atoms with Crippen molar-refractivity contribution in [2.75, 3.05) is 31.6 Å². The second kappa shape index (κ2) is 11.2. The summed E-state index contributed by atoms with van der Waals surface area (Å²) >= 11 is 0. The van der Waals surface area contributed by atoms with E-state index in [9.17, 15) is 14.4 Å². The minimum Gasteiger partial charge on any atom is -0.455 e. The van der Waals surface area contributed by atoms with Crippen LogP contribution in [0.4, 0.5) is 10.5 Å². The number of hydrogen-bond acceptors (Lipinski definition) is 4. The molecule has 2 aromatic carbocycles. The highest BCUT2D eigenvalue weighted by atomic mass is 16.5. The van der Waals surface area contributed by atoms with Crippen LogP contribution in [0.1, 0.15) is 31.2 Å². The number of ether oxygens (including phenoxy) is 1. The Morgan fingerprint density at radius 2 is 1.61 bits per heavy atom. The minimum absolute atomic E-state index is 0.173. The highest BCUT2D eigenvalue weighted by molar-refractivity contribution is 5.89. The third-order valence-electron chi connectivity index (χ3n) is 5.46. The van der Waals surface area contributed by atoms with Crippen LogP contribution in [0.25, 0.3) is 0 Å². The van der Waals surface area contributed by atoms with Crippen LogP contribution < -0.4 is 10.6 Å². The number of likely N-dealkylation sites (tertiary alicyclic amines) is 1. The van der Waals surface area contributed by atoms with Crippen molar-refractivity contribution in [1.82, 2.24) is 10.2 Å². The molecule has 0 bridgehead atoms. The van der Waals surface area contributed by atoms with Gasteiger partial charge in [-0.15, -0.1) is 0 Å². The van der Waals surface area contributed by atoms with Crippen LogP contribution in [0.2, 0.25) is 0 Å². The number of para-hydroxylation sites is 1. The van der Waals surface area contributed by atoms with Gasteiger partial charge in [0.1, 0.15) is 0 Å². The standard InChI is InChI=1S/C24H29N3O4/c1-18(19-8-4-2-5-9-19)16-25-22(28)17-31-23(29)20-12-14-27(15-13-20)24(30)26-21-10-6-3-7-11-21/h2-11,18,20H,12-17H2,1H3,(H,25,28)(H,26,30)/t18-/m0/s1. The van der Waals surface area contributed by atoms with Gasteiger partial charge in [0.2, 0.25) is 0 Å². The van der Waals surface area contributed by atoms with Gasteiger partial charge in [-0.1, -0.05) is 55.5 Å². The number of amides is 3. The fourth-order valence-corrected chi connectivity index (χ4v) is 3.51. The van der Waals surface area contributed by atoms with Gasteiger partial charge in [0.05, 0.1) is 5.92 Å². The molecule has 1 atom stereocenters. The summed E-state index contributed by atoms with van der Waals surface area (Å²) in [6.45, 7) is 3.17. The first-order valence-electron chi connectivity index (χ1n) is 10.6. The van der Waals surface area contributed by atoms with Gasteiger partial charge in [0.15, 0.2) is 6.61 Å². The molecule has 3 rings (SSSR count). The molecule has 0 radical (unpaired) electrons. The van der Waals surface area contributed by atoms with E-state index in [1.54, 1.807) is 4.90 Å². The molecule has 0 spiro atoms. The molecule has 0 unspecified atom stereocenters. The molecule has 1 saturated heterocycles. The van der Waals surface area contributed by atoms with E-state index < -0.39 is 0 Å². The summed E-state index contributed by atoms with van der Waals surface area (Å²) in [6.07, 6.45) is 1.04. The zero-order chi connectivity index (χ0) is 22.1. The van der Waals surface area contributed by atoms with E-state index in [1.165, 1.54) is 0 Å². The average molecular weight is 424 g/mol. The van der Waals surface area contributed by atoms with Crippen LogP contribution in [0.5, 0.6) is 0 Å². The number of nitrogens with zero attached hydrogens (tertiary/aromatic N) is 1. The minimum atomic E-state index is -0.380. The first-order chi connectivity index (χ1) is 15.0. The third kappa shape index (κ3) is 6.84. The fourth-order valence-electron chi connectivity index (χ4n) is 3.51. The van der Waals surface area contributed by atoms with Crippen molar-refractivity contribution in [3.8, 4) is 0 Å². The van der Waals surface area contributed by atoms with Crippen molar-refractivity contribution >= 4 is 23.6 Å². The third-order valence-corrected chi connectivity index (χ3v) is 5.46. The quantitative estimate of drug-likeness (QED) is 0.668. The van der Waals surface area contributed by atoms with Crippen LogP contribution >= 0.6 is 0 Å². The number of carbonyl (C=O) groups is 3. The zero-order valence-electron chi connectivity index (χ0n) is 17.8. The summed E-state index contributed by atoms with van der Waals surface area (Å²) in [5, 5.41) is 5.66. The molecule has 0 saturated carbocycles. The average Bonchev–Trinajstić information content (AvgIpc) is 2.82. The summed E-state index contributed by atoms with van der Waals surface area (Å²) in [4.78, 5) is 38.4. The number of piperidine rings is 1. The largest absolute Gasteiger partial charge is 0.455 e. The number of benzene rings is 2. The Morgan fingerprint density at radius 3 is 2.26 bits per heavy atom. The number of carbonyl (C=O) groups excluding carboxylic acids is 3. The highest BCUT2D eigenvalue weighted by Gasteiger charge is 2.28. The Labute approximate surface area is 182 Å². The number of anilines is 1. The van der Waals surface area contributed by atoms with Crippen molar-refractivity contribution in [2.24, 2.45) is 5.92 Å². The van der Waals surface area contributed by atoms with Crippen molar-refractivity contribution < 1.29 is 19.1 Å². The molecule has 1 heterocycles. The summed E-state index contributed by atoms with van der Waals surface area (Å²) in [7, 11) is 0. The second-order valence-electron chi connectivity index (χ2n) is 7.78. The van der Waals surface area contributed by atoms with Gasteiger partial charge < -0.3 is 20.3 Å². The number of hydrogen-bond donors (Lipinski definition) is 2. The molecule has 1 aliphatic rings. The van der Waals surface area contributed by atoms with Crippen LogP contribution in [0.3, 0.4) is 0 Å². The van der Waals surface area contributed by atoms with E-state index in [0.29, 0.717) is 32.5 Å². The highest BCUT2D eigenvalue weighted by Crippen LogP contribution is 2.20. The lowest BCUT2D eigenvalue weighted by Crippen LogP contribution is -2.43. The molecule has 3 amide bonds. The Bertz CT molecular complexity index is 865. The first-order valence-corrected chi connectivity index (χ1v) is 10.6. The lowest BCUT2D eigenvalue weighted by atomic mass is 9.97. The molecule has 0 aromatic heterocycles. The van der Waals surface area contributed by atoms with Gasteiger partial charge in [-0.25, -0.2) is 4.79 Å². The van der Waals surface area contributed by atoms with Crippen molar-refractivity contribution in [3.63, 3.8) is 0 Å². The fraction of sp³-hybridized carbons (Fsp3) is 0.375. The molecule has 7 heteroatoms. The summed E-state index contributed by atoms with van der Waals surface area (Å²) in [6, 6.07) is 19.0. The van der Waals surface area contributed by atoms with Gasteiger partial charge in [-0.2, -0.15) is 0 Å². The molecule has 2 aromatic rings. The molecule has 2 N–H and O–H groups in total. The zero-order valence-corrected chi connectivity index (χ0v) is 17.8. The van der Waals surface area contributed by atoms with Crippen LogP contribution in [-0.4, -0.2) is 49.0 Å². The van der Waals surface area contributed by atoms with Gasteiger partial charge in [-0.3, -0.25) is 9.59 Å². The number of rotatable bonds is 7. The lowest BCUT2D eigenvalue weighted by Gasteiger charge is -2.30. The van der Waals surface area contributed by atoms with E-state index >= 15 is 0 Å². The van der Waals surface area contributed by atoms with E-state index in [0.717, 1.165) is 11.3 Å². The van der Waals surface area contributed by atoms with E-state index in [4.69, 9.17) is 4.74 Å². The maximum absolute atomic E-state index is 12.3. The first kappa shape index (κ1) is 22.3. The van der Waals surface area contributed by atoms with E-state index in [2.05, 4.69) is 10.6 Å². The van der Waals surface area contributed by atoms with Crippen molar-refractivity contribution in [1.29, 1.82) is 0 Å². The van der Waals surface area contributed by atoms with Crippen LogP contribution in [-0.2, 0) is 14.3 Å². The number of nitrogens with one attached hydrogen (secondary N) is 2. The number of esters is 1. The second-order valence-corrected chi connectivity index (χ2v) is 7.78.